The van der Waals surface area contributed by atoms with Crippen LogP contribution in [0.1, 0.15) is 13.8 Å². The quantitative estimate of drug-likeness (QED) is 0.544. The number of aliphatic hydroxyl groups excluding tert-OH is 1. The van der Waals surface area contributed by atoms with Crippen LogP contribution >= 0.6 is 0 Å². The Balaban J connectivity index is 2.73. The van der Waals surface area contributed by atoms with E-state index in [0.29, 0.717) is 0 Å². The number of nitrogens with one attached hydrogen (secondary N) is 1. The Morgan fingerprint density at radius 1 is 1.75 bits per heavy atom. The number of aliphatic hydroxyl groups is 1. The molecule has 4 nitrogen and oxygen atoms in total. The molecule has 0 aromatic rings. The number of amides is 1. The van der Waals surface area contributed by atoms with Gasteiger partial charge in [0.05, 0.1) is 6.61 Å². The third-order valence-electron chi connectivity index (χ3n) is 2.50. The van der Waals surface area contributed by atoms with Gasteiger partial charge in [-0.05, 0) is 13.8 Å². The van der Waals surface area contributed by atoms with Gasteiger partial charge in [-0.15, -0.1) is 0 Å². The fraction of sp³-hybridized carbons (Fsp3) is 0.875. The van der Waals surface area contributed by atoms with Crippen LogP contribution in [0.4, 0.5) is 0 Å². The molecule has 70 valence electrons. The Kier molecular flexibility index (Phi) is 2.39. The molecule has 0 bridgehead atoms. The van der Waals surface area contributed by atoms with Crippen molar-refractivity contribution in [2.45, 2.75) is 25.4 Å². The molecule has 1 unspecified atom stereocenters. The lowest BCUT2D eigenvalue weighted by Crippen LogP contribution is -2.64. The van der Waals surface area contributed by atoms with E-state index in [1.807, 2.05) is 13.8 Å². The zero-order valence-electron chi connectivity index (χ0n) is 7.79. The fourth-order valence-corrected chi connectivity index (χ4v) is 1.25. The predicted octanol–water partition coefficient (Wildman–Crippen LogP) is -0.812. The summed E-state index contributed by atoms with van der Waals surface area (Å²) in [6.07, 6.45) is 0. The molecule has 1 atom stereocenters. The number of carbonyl (C=O) groups excluding carboxylic acids is 1. The van der Waals surface area contributed by atoms with Gasteiger partial charge < -0.3 is 15.3 Å². The number of nitrogens with zero attached hydrogens (tertiary/aromatic N) is 1. The first-order valence-electron chi connectivity index (χ1n) is 4.11. The van der Waals surface area contributed by atoms with Gasteiger partial charge in [0.2, 0.25) is 5.91 Å². The second kappa shape index (κ2) is 3.03. The minimum atomic E-state index is -0.414. The summed E-state index contributed by atoms with van der Waals surface area (Å²) in [4.78, 5) is 13.2. The highest BCUT2D eigenvalue weighted by Crippen LogP contribution is 2.16. The maximum absolute atomic E-state index is 11.5. The van der Waals surface area contributed by atoms with Gasteiger partial charge in [-0.25, -0.2) is 0 Å². The molecule has 12 heavy (non-hydrogen) atoms. The van der Waals surface area contributed by atoms with E-state index in [0.717, 1.165) is 6.54 Å². The topological polar surface area (TPSA) is 52.6 Å². The van der Waals surface area contributed by atoms with Crippen LogP contribution < -0.4 is 5.32 Å². The van der Waals surface area contributed by atoms with Crippen molar-refractivity contribution in [3.8, 4) is 0 Å². The summed E-state index contributed by atoms with van der Waals surface area (Å²) >= 11 is 0. The average Bonchev–Trinajstić information content (AvgIpc) is 2.01. The van der Waals surface area contributed by atoms with Gasteiger partial charge in [-0.2, -0.15) is 0 Å². The van der Waals surface area contributed by atoms with E-state index in [2.05, 4.69) is 5.32 Å². The molecular weight excluding hydrogens is 156 g/mol. The van der Waals surface area contributed by atoms with Crippen LogP contribution in [0.15, 0.2) is 0 Å². The second-order valence-corrected chi connectivity index (χ2v) is 3.83. The summed E-state index contributed by atoms with van der Waals surface area (Å²) in [7, 11) is 1.77. The van der Waals surface area contributed by atoms with Gasteiger partial charge in [0.25, 0.3) is 0 Å². The zero-order valence-corrected chi connectivity index (χ0v) is 7.79. The molecule has 1 heterocycles. The molecule has 0 aliphatic carbocycles. The normalized spacial score (nSPS) is 29.2. The SMILES string of the molecule is CN1C(=O)C(CO)NCC1(C)C. The lowest BCUT2D eigenvalue weighted by molar-refractivity contribution is -0.141. The lowest BCUT2D eigenvalue weighted by Gasteiger charge is -2.43. The third-order valence-corrected chi connectivity index (χ3v) is 2.50. The molecular formula is C8H16N2O2. The van der Waals surface area contributed by atoms with Crippen molar-refractivity contribution in [3.63, 3.8) is 0 Å². The average molecular weight is 172 g/mol. The molecule has 4 heteroatoms. The number of hydrogen-bond acceptors (Lipinski definition) is 3. The highest BCUT2D eigenvalue weighted by Gasteiger charge is 2.36. The Bertz CT molecular complexity index is 191. The monoisotopic (exact) mass is 172 g/mol. The Labute approximate surface area is 72.6 Å². The van der Waals surface area contributed by atoms with Crippen molar-refractivity contribution in [2.75, 3.05) is 20.2 Å². The van der Waals surface area contributed by atoms with Gasteiger partial charge in [-0.1, -0.05) is 0 Å². The summed E-state index contributed by atoms with van der Waals surface area (Å²) < 4.78 is 0. The molecule has 1 saturated heterocycles. The van der Waals surface area contributed by atoms with Crippen LogP contribution in [0.3, 0.4) is 0 Å². The minimum Gasteiger partial charge on any atom is -0.394 e. The number of carbonyl (C=O) groups is 1. The molecule has 1 fully saturated rings. The van der Waals surface area contributed by atoms with Gasteiger partial charge in [0.15, 0.2) is 0 Å². The van der Waals surface area contributed by atoms with Crippen molar-refractivity contribution in [2.24, 2.45) is 0 Å². The highest BCUT2D eigenvalue weighted by molar-refractivity contribution is 5.83. The van der Waals surface area contributed by atoms with Crippen molar-refractivity contribution >= 4 is 5.91 Å². The molecule has 0 aromatic carbocycles. The van der Waals surface area contributed by atoms with Gasteiger partial charge >= 0.3 is 0 Å². The Morgan fingerprint density at radius 2 is 2.33 bits per heavy atom. The third kappa shape index (κ3) is 1.44. The van der Waals surface area contributed by atoms with Crippen molar-refractivity contribution in [3.05, 3.63) is 0 Å². The van der Waals surface area contributed by atoms with E-state index >= 15 is 0 Å². The van der Waals surface area contributed by atoms with Gasteiger partial charge in [0.1, 0.15) is 6.04 Å². The van der Waals surface area contributed by atoms with Crippen LogP contribution in [0.2, 0.25) is 0 Å². The summed E-state index contributed by atoms with van der Waals surface area (Å²) in [5.41, 5.74) is -0.150. The van der Waals surface area contributed by atoms with Crippen molar-refractivity contribution in [1.82, 2.24) is 10.2 Å². The maximum atomic E-state index is 11.5. The number of likely N-dealkylation sites (N-methyl/N-ethyl adjacent to an activating group) is 1. The molecule has 1 rings (SSSR count). The molecule has 0 radical (unpaired) electrons. The molecule has 2 N–H and O–H groups in total. The number of rotatable bonds is 1. The summed E-state index contributed by atoms with van der Waals surface area (Å²) in [6, 6.07) is -0.414. The number of piperazine rings is 1. The first kappa shape index (κ1) is 9.48. The first-order valence-corrected chi connectivity index (χ1v) is 4.11. The van der Waals surface area contributed by atoms with E-state index in [4.69, 9.17) is 5.11 Å². The summed E-state index contributed by atoms with van der Waals surface area (Å²) in [5, 5.41) is 11.8. The largest absolute Gasteiger partial charge is 0.394 e. The van der Waals surface area contributed by atoms with E-state index in [1.54, 1.807) is 11.9 Å². The standard InChI is InChI=1S/C8H16N2O2/c1-8(2)5-9-6(4-11)7(12)10(8)3/h6,9,11H,4-5H2,1-3H3. The molecule has 0 aromatic heterocycles. The lowest BCUT2D eigenvalue weighted by atomic mass is 9.98. The fourth-order valence-electron chi connectivity index (χ4n) is 1.25. The summed E-state index contributed by atoms with van der Waals surface area (Å²) in [5.74, 6) is -0.0336. The maximum Gasteiger partial charge on any atom is 0.242 e. The first-order chi connectivity index (χ1) is 5.49. The smallest absolute Gasteiger partial charge is 0.242 e. The van der Waals surface area contributed by atoms with Crippen LogP contribution in [0.25, 0.3) is 0 Å². The molecule has 1 aliphatic heterocycles. The summed E-state index contributed by atoms with van der Waals surface area (Å²) in [6.45, 7) is 4.58. The van der Waals surface area contributed by atoms with Crippen LogP contribution in [-0.2, 0) is 4.79 Å². The van der Waals surface area contributed by atoms with Crippen LogP contribution in [0, 0.1) is 0 Å². The minimum absolute atomic E-state index is 0.0336. The predicted molar refractivity (Wildman–Crippen MR) is 45.7 cm³/mol. The van der Waals surface area contributed by atoms with Crippen molar-refractivity contribution < 1.29 is 9.90 Å². The van der Waals surface area contributed by atoms with Crippen LogP contribution in [-0.4, -0.2) is 47.7 Å². The van der Waals surface area contributed by atoms with E-state index in [-0.39, 0.29) is 18.1 Å². The Morgan fingerprint density at radius 3 is 2.83 bits per heavy atom. The van der Waals surface area contributed by atoms with Crippen LogP contribution in [0.5, 0.6) is 0 Å². The molecule has 1 aliphatic rings. The Hall–Kier alpha value is -0.610. The van der Waals surface area contributed by atoms with Gasteiger partial charge in [-0.3, -0.25) is 4.79 Å². The van der Waals surface area contributed by atoms with Crippen molar-refractivity contribution in [1.29, 1.82) is 0 Å². The molecule has 1 amide bonds. The zero-order chi connectivity index (χ0) is 9.35. The molecule has 0 spiro atoms. The van der Waals surface area contributed by atoms with E-state index in [9.17, 15) is 4.79 Å². The molecule has 0 saturated carbocycles. The second-order valence-electron chi connectivity index (χ2n) is 3.83. The number of hydrogen-bond donors (Lipinski definition) is 2. The highest BCUT2D eigenvalue weighted by atomic mass is 16.3. The van der Waals surface area contributed by atoms with Gasteiger partial charge in [0, 0.05) is 19.1 Å². The van der Waals surface area contributed by atoms with E-state index < -0.39 is 6.04 Å². The van der Waals surface area contributed by atoms with E-state index in [1.165, 1.54) is 0 Å².